The summed E-state index contributed by atoms with van der Waals surface area (Å²) in [6.07, 6.45) is 1.54. The third-order valence-corrected chi connectivity index (χ3v) is 2.28. The van der Waals surface area contributed by atoms with E-state index in [1.807, 2.05) is 0 Å². The standard InChI is InChI=1S/C11H15N3O4/c1-7-8(3-2-5-12-7)13-11(18)14-9(4-6-15)10(16)17/h2-3,5,9,15H,4,6H2,1H3,(H,16,17)(H2,13,14,18)/t9-/m1/s1. The van der Waals surface area contributed by atoms with Crippen molar-refractivity contribution < 1.29 is 19.8 Å². The highest BCUT2D eigenvalue weighted by Gasteiger charge is 2.19. The first-order valence-electron chi connectivity index (χ1n) is 5.37. The number of aryl methyl sites for hydroxylation is 1. The van der Waals surface area contributed by atoms with E-state index in [0.717, 1.165) is 0 Å². The van der Waals surface area contributed by atoms with Gasteiger partial charge in [0.1, 0.15) is 6.04 Å². The van der Waals surface area contributed by atoms with Gasteiger partial charge in [0.25, 0.3) is 0 Å². The first-order chi connectivity index (χ1) is 8.54. The molecule has 0 aliphatic heterocycles. The molecule has 0 fully saturated rings. The van der Waals surface area contributed by atoms with Crippen molar-refractivity contribution in [2.75, 3.05) is 11.9 Å². The number of nitrogens with one attached hydrogen (secondary N) is 2. The van der Waals surface area contributed by atoms with Gasteiger partial charge in [-0.3, -0.25) is 4.98 Å². The van der Waals surface area contributed by atoms with E-state index in [-0.39, 0.29) is 13.0 Å². The van der Waals surface area contributed by atoms with E-state index in [4.69, 9.17) is 10.2 Å². The summed E-state index contributed by atoms with van der Waals surface area (Å²) in [4.78, 5) is 26.3. The van der Waals surface area contributed by atoms with Crippen molar-refractivity contribution in [3.05, 3.63) is 24.0 Å². The van der Waals surface area contributed by atoms with Gasteiger partial charge >= 0.3 is 12.0 Å². The van der Waals surface area contributed by atoms with E-state index in [1.165, 1.54) is 0 Å². The maximum atomic E-state index is 11.6. The lowest BCUT2D eigenvalue weighted by Gasteiger charge is -2.14. The van der Waals surface area contributed by atoms with E-state index in [0.29, 0.717) is 11.4 Å². The van der Waals surface area contributed by atoms with Gasteiger partial charge in [0.05, 0.1) is 11.4 Å². The predicted octanol–water partition coefficient (Wildman–Crippen LogP) is 0.347. The highest BCUT2D eigenvalue weighted by atomic mass is 16.4. The Balaban J connectivity index is 2.61. The minimum Gasteiger partial charge on any atom is -0.480 e. The van der Waals surface area contributed by atoms with Gasteiger partial charge < -0.3 is 20.8 Å². The topological polar surface area (TPSA) is 112 Å². The zero-order valence-electron chi connectivity index (χ0n) is 9.88. The van der Waals surface area contributed by atoms with E-state index < -0.39 is 18.0 Å². The molecule has 0 saturated heterocycles. The Morgan fingerprint density at radius 3 is 2.78 bits per heavy atom. The number of carbonyl (C=O) groups is 2. The minimum absolute atomic E-state index is 0.0469. The normalized spacial score (nSPS) is 11.7. The number of aromatic nitrogens is 1. The van der Waals surface area contributed by atoms with Crippen LogP contribution in [0, 0.1) is 6.92 Å². The van der Waals surface area contributed by atoms with Crippen LogP contribution in [0.15, 0.2) is 18.3 Å². The molecule has 0 spiro atoms. The number of amides is 2. The number of nitrogens with zero attached hydrogens (tertiary/aromatic N) is 1. The second-order valence-corrected chi connectivity index (χ2v) is 3.64. The maximum absolute atomic E-state index is 11.6. The minimum atomic E-state index is -1.19. The van der Waals surface area contributed by atoms with Crippen LogP contribution in [0.2, 0.25) is 0 Å². The van der Waals surface area contributed by atoms with Gasteiger partial charge in [-0.15, -0.1) is 0 Å². The average Bonchev–Trinajstić information content (AvgIpc) is 2.31. The van der Waals surface area contributed by atoms with Gasteiger partial charge in [-0.25, -0.2) is 9.59 Å². The largest absolute Gasteiger partial charge is 0.480 e. The van der Waals surface area contributed by atoms with Crippen LogP contribution >= 0.6 is 0 Å². The fraction of sp³-hybridized carbons (Fsp3) is 0.364. The van der Waals surface area contributed by atoms with Crippen LogP contribution < -0.4 is 10.6 Å². The van der Waals surface area contributed by atoms with Gasteiger partial charge in [-0.1, -0.05) is 0 Å². The number of aliphatic hydroxyl groups is 1. The zero-order chi connectivity index (χ0) is 13.5. The Bertz CT molecular complexity index is 436. The SMILES string of the molecule is Cc1ncccc1NC(=O)N[C@H](CCO)C(=O)O. The van der Waals surface area contributed by atoms with Crippen molar-refractivity contribution in [3.8, 4) is 0 Å². The van der Waals surface area contributed by atoms with Crippen LogP contribution in [-0.4, -0.2) is 39.8 Å². The number of urea groups is 1. The second-order valence-electron chi connectivity index (χ2n) is 3.64. The number of hydrogen-bond donors (Lipinski definition) is 4. The molecule has 0 aromatic carbocycles. The van der Waals surface area contributed by atoms with E-state index in [9.17, 15) is 9.59 Å². The number of carboxylic acids is 1. The lowest BCUT2D eigenvalue weighted by molar-refractivity contribution is -0.139. The number of aliphatic carboxylic acids is 1. The molecule has 1 atom stereocenters. The number of anilines is 1. The summed E-state index contributed by atoms with van der Waals surface area (Å²) in [6.45, 7) is 1.40. The van der Waals surface area contributed by atoms with E-state index >= 15 is 0 Å². The quantitative estimate of drug-likeness (QED) is 0.605. The molecule has 0 radical (unpaired) electrons. The van der Waals surface area contributed by atoms with E-state index in [2.05, 4.69) is 15.6 Å². The molecule has 98 valence electrons. The lowest BCUT2D eigenvalue weighted by atomic mass is 10.2. The van der Waals surface area contributed by atoms with Gasteiger partial charge in [-0.05, 0) is 19.1 Å². The Kier molecular flexibility index (Phi) is 5.06. The molecule has 1 aromatic rings. The summed E-state index contributed by atoms with van der Waals surface area (Å²) in [6, 6.07) is 1.55. The molecule has 0 aliphatic rings. The van der Waals surface area contributed by atoms with Crippen molar-refractivity contribution in [2.24, 2.45) is 0 Å². The molecule has 1 aromatic heterocycles. The molecule has 0 unspecified atom stereocenters. The Morgan fingerprint density at radius 2 is 2.22 bits per heavy atom. The number of carboxylic acid groups (broad SMARTS) is 1. The Morgan fingerprint density at radius 1 is 1.50 bits per heavy atom. The highest BCUT2D eigenvalue weighted by molar-refractivity contribution is 5.92. The van der Waals surface area contributed by atoms with Crippen LogP contribution in [0.1, 0.15) is 12.1 Å². The van der Waals surface area contributed by atoms with Gasteiger partial charge in [0.15, 0.2) is 0 Å². The molecule has 7 heteroatoms. The molecule has 1 heterocycles. The fourth-order valence-electron chi connectivity index (χ4n) is 1.32. The maximum Gasteiger partial charge on any atom is 0.326 e. The predicted molar refractivity (Wildman–Crippen MR) is 64.3 cm³/mol. The molecule has 0 saturated carbocycles. The molecule has 1 rings (SSSR count). The summed E-state index contributed by atoms with van der Waals surface area (Å²) in [7, 11) is 0. The van der Waals surface area contributed by atoms with Crippen LogP contribution in [0.3, 0.4) is 0 Å². The first kappa shape index (κ1) is 13.9. The van der Waals surface area contributed by atoms with Gasteiger partial charge in [0, 0.05) is 19.2 Å². The molecule has 7 nitrogen and oxygen atoms in total. The summed E-state index contributed by atoms with van der Waals surface area (Å²) in [5, 5.41) is 22.2. The zero-order valence-corrected chi connectivity index (χ0v) is 9.88. The molecule has 0 bridgehead atoms. The van der Waals surface area contributed by atoms with Crippen molar-refractivity contribution in [3.63, 3.8) is 0 Å². The number of rotatable bonds is 5. The van der Waals surface area contributed by atoms with Crippen molar-refractivity contribution in [2.45, 2.75) is 19.4 Å². The van der Waals surface area contributed by atoms with Crippen LogP contribution in [0.4, 0.5) is 10.5 Å². The average molecular weight is 253 g/mol. The summed E-state index contributed by atoms with van der Waals surface area (Å²) < 4.78 is 0. The molecular formula is C11H15N3O4. The first-order valence-corrected chi connectivity index (χ1v) is 5.37. The van der Waals surface area contributed by atoms with Crippen molar-refractivity contribution in [1.29, 1.82) is 0 Å². The van der Waals surface area contributed by atoms with Crippen LogP contribution in [0.5, 0.6) is 0 Å². The summed E-state index contributed by atoms with van der Waals surface area (Å²) in [5.74, 6) is -1.19. The number of aliphatic hydroxyl groups excluding tert-OH is 1. The molecule has 4 N–H and O–H groups in total. The molecule has 0 aliphatic carbocycles. The van der Waals surface area contributed by atoms with Gasteiger partial charge in [0.2, 0.25) is 0 Å². The molecule has 2 amide bonds. The van der Waals surface area contributed by atoms with Crippen LogP contribution in [-0.2, 0) is 4.79 Å². The molecular weight excluding hydrogens is 238 g/mol. The number of hydrogen-bond acceptors (Lipinski definition) is 4. The third-order valence-electron chi connectivity index (χ3n) is 2.28. The highest BCUT2D eigenvalue weighted by Crippen LogP contribution is 2.09. The Hall–Kier alpha value is -2.15. The lowest BCUT2D eigenvalue weighted by Crippen LogP contribution is -2.43. The smallest absolute Gasteiger partial charge is 0.326 e. The monoisotopic (exact) mass is 253 g/mol. The van der Waals surface area contributed by atoms with Crippen molar-refractivity contribution in [1.82, 2.24) is 10.3 Å². The summed E-state index contributed by atoms with van der Waals surface area (Å²) >= 11 is 0. The molecule has 18 heavy (non-hydrogen) atoms. The Labute approximate surface area is 104 Å². The fourth-order valence-corrected chi connectivity index (χ4v) is 1.32. The van der Waals surface area contributed by atoms with E-state index in [1.54, 1.807) is 25.3 Å². The number of carbonyl (C=O) groups excluding carboxylic acids is 1. The third kappa shape index (κ3) is 4.02. The number of pyridine rings is 1. The second kappa shape index (κ2) is 6.55. The van der Waals surface area contributed by atoms with Crippen LogP contribution in [0.25, 0.3) is 0 Å². The summed E-state index contributed by atoms with van der Waals surface area (Å²) in [5.41, 5.74) is 1.13. The van der Waals surface area contributed by atoms with Gasteiger partial charge in [-0.2, -0.15) is 0 Å². The van der Waals surface area contributed by atoms with Crippen molar-refractivity contribution >= 4 is 17.7 Å².